The summed E-state index contributed by atoms with van der Waals surface area (Å²) >= 11 is 0. The molecule has 2 aromatic carbocycles. The number of ether oxygens (including phenoxy) is 1. The topological polar surface area (TPSA) is 61.4 Å². The second-order valence-electron chi connectivity index (χ2n) is 5.28. The number of aryl methyl sites for hydroxylation is 1. The van der Waals surface area contributed by atoms with Crippen LogP contribution >= 0.6 is 0 Å². The van der Waals surface area contributed by atoms with E-state index in [0.717, 1.165) is 5.56 Å². The zero-order valence-corrected chi connectivity index (χ0v) is 12.8. The van der Waals surface area contributed by atoms with E-state index in [0.29, 0.717) is 11.1 Å². The smallest absolute Gasteiger partial charge is 0.419 e. The Bertz CT molecular complexity index is 863. The molecule has 5 heteroatoms. The molecule has 0 amide bonds. The van der Waals surface area contributed by atoms with Gasteiger partial charge in [0.05, 0.1) is 11.9 Å². The van der Waals surface area contributed by atoms with E-state index in [9.17, 15) is 9.59 Å². The lowest BCUT2D eigenvalue weighted by Crippen LogP contribution is -2.18. The van der Waals surface area contributed by atoms with Crippen molar-refractivity contribution in [3.05, 3.63) is 70.7 Å². The number of aromatic nitrogens is 1. The molecule has 0 unspecified atom stereocenters. The molecule has 3 rings (SSSR count). The lowest BCUT2D eigenvalue weighted by Gasteiger charge is -2.13. The fraction of sp³-hybridized carbons (Fsp3) is 0.222. The van der Waals surface area contributed by atoms with Crippen molar-refractivity contribution in [2.45, 2.75) is 26.0 Å². The molecule has 0 fully saturated rings. The number of benzene rings is 2. The second kappa shape index (κ2) is 6.52. The highest BCUT2D eigenvalue weighted by atomic mass is 16.5. The number of hydrogen-bond donors (Lipinski definition) is 0. The molecule has 118 valence electrons. The van der Waals surface area contributed by atoms with Crippen LogP contribution in [0.3, 0.4) is 0 Å². The second-order valence-corrected chi connectivity index (χ2v) is 5.28. The molecule has 0 saturated heterocycles. The third-order valence-corrected chi connectivity index (χ3v) is 3.69. The summed E-state index contributed by atoms with van der Waals surface area (Å²) in [4.78, 5) is 23.8. The normalized spacial score (nSPS) is 12.2. The summed E-state index contributed by atoms with van der Waals surface area (Å²) in [6.07, 6.45) is -0.206. The first-order valence-corrected chi connectivity index (χ1v) is 7.48. The predicted molar refractivity (Wildman–Crippen MR) is 86.0 cm³/mol. The van der Waals surface area contributed by atoms with E-state index >= 15 is 0 Å². The van der Waals surface area contributed by atoms with Crippen LogP contribution in [0.1, 0.15) is 25.0 Å². The Morgan fingerprint density at radius 3 is 2.61 bits per heavy atom. The van der Waals surface area contributed by atoms with E-state index in [1.54, 1.807) is 18.2 Å². The Morgan fingerprint density at radius 2 is 1.83 bits per heavy atom. The quantitative estimate of drug-likeness (QED) is 0.678. The van der Waals surface area contributed by atoms with E-state index in [-0.39, 0.29) is 25.0 Å². The first-order valence-electron chi connectivity index (χ1n) is 7.48. The summed E-state index contributed by atoms with van der Waals surface area (Å²) < 4.78 is 12.0. The Balaban J connectivity index is 1.65. The van der Waals surface area contributed by atoms with Crippen LogP contribution in [0.4, 0.5) is 0 Å². The number of nitrogens with zero attached hydrogens (tertiary/aromatic N) is 1. The molecular weight excluding hydrogens is 294 g/mol. The summed E-state index contributed by atoms with van der Waals surface area (Å²) in [6, 6.07) is 16.7. The molecule has 0 aliphatic carbocycles. The maximum absolute atomic E-state index is 12.0. The molecule has 1 heterocycles. The monoisotopic (exact) mass is 311 g/mol. The number of oxazole rings is 1. The summed E-state index contributed by atoms with van der Waals surface area (Å²) in [5, 5.41) is 0. The van der Waals surface area contributed by atoms with Crippen molar-refractivity contribution in [2.24, 2.45) is 0 Å². The molecule has 0 spiro atoms. The van der Waals surface area contributed by atoms with Crippen molar-refractivity contribution < 1.29 is 13.9 Å². The highest BCUT2D eigenvalue weighted by Crippen LogP contribution is 2.17. The molecular formula is C18H17NO4. The average Bonchev–Trinajstić information content (AvgIpc) is 2.89. The first kappa shape index (κ1) is 15.1. The number of fused-ring (bicyclic) bond motifs is 1. The van der Waals surface area contributed by atoms with Gasteiger partial charge in [-0.3, -0.25) is 9.36 Å². The third-order valence-electron chi connectivity index (χ3n) is 3.69. The third kappa shape index (κ3) is 3.34. The Kier molecular flexibility index (Phi) is 4.28. The van der Waals surface area contributed by atoms with E-state index in [2.05, 4.69) is 0 Å². The standard InChI is InChI=1S/C18H17NO4/c1-13(14-7-3-2-4-8-14)22-17(20)11-12-19-15-9-5-6-10-16(15)23-18(19)21/h2-10,13H,11-12H2,1H3/t13-/m0/s1. The minimum Gasteiger partial charge on any atom is -0.458 e. The maximum atomic E-state index is 12.0. The zero-order chi connectivity index (χ0) is 16.2. The van der Waals surface area contributed by atoms with Crippen molar-refractivity contribution in [3.63, 3.8) is 0 Å². The van der Waals surface area contributed by atoms with Crippen LogP contribution in [0.15, 0.2) is 63.8 Å². The minimum absolute atomic E-state index is 0.112. The lowest BCUT2D eigenvalue weighted by atomic mass is 10.1. The SMILES string of the molecule is C[C@H](OC(=O)CCn1c(=O)oc2ccccc21)c1ccccc1. The van der Waals surface area contributed by atoms with Gasteiger partial charge in [-0.25, -0.2) is 4.79 Å². The fourth-order valence-electron chi connectivity index (χ4n) is 2.48. The van der Waals surface area contributed by atoms with Crippen LogP contribution in [0.2, 0.25) is 0 Å². The van der Waals surface area contributed by atoms with Crippen LogP contribution in [0.5, 0.6) is 0 Å². The van der Waals surface area contributed by atoms with Crippen molar-refractivity contribution in [1.82, 2.24) is 4.57 Å². The average molecular weight is 311 g/mol. The van der Waals surface area contributed by atoms with Gasteiger partial charge in [0.25, 0.3) is 0 Å². The summed E-state index contributed by atoms with van der Waals surface area (Å²) in [5.74, 6) is -0.811. The van der Waals surface area contributed by atoms with Crippen molar-refractivity contribution >= 4 is 17.1 Å². The van der Waals surface area contributed by atoms with Crippen molar-refractivity contribution in [1.29, 1.82) is 0 Å². The Morgan fingerprint density at radius 1 is 1.13 bits per heavy atom. The predicted octanol–water partition coefficient (Wildman–Crippen LogP) is 3.29. The number of para-hydroxylation sites is 2. The molecule has 0 bridgehead atoms. The van der Waals surface area contributed by atoms with Gasteiger partial charge in [0.2, 0.25) is 0 Å². The molecule has 0 N–H and O–H groups in total. The van der Waals surface area contributed by atoms with Gasteiger partial charge in [-0.05, 0) is 24.6 Å². The highest BCUT2D eigenvalue weighted by Gasteiger charge is 2.14. The number of carbonyl (C=O) groups is 1. The first-order chi connectivity index (χ1) is 11.1. The largest absolute Gasteiger partial charge is 0.458 e. The maximum Gasteiger partial charge on any atom is 0.419 e. The van der Waals surface area contributed by atoms with Gasteiger partial charge in [0, 0.05) is 6.54 Å². The van der Waals surface area contributed by atoms with Gasteiger partial charge in [-0.2, -0.15) is 0 Å². The van der Waals surface area contributed by atoms with Gasteiger partial charge in [-0.1, -0.05) is 42.5 Å². The van der Waals surface area contributed by atoms with Gasteiger partial charge in [0.1, 0.15) is 6.10 Å². The zero-order valence-electron chi connectivity index (χ0n) is 12.8. The van der Waals surface area contributed by atoms with Crippen LogP contribution in [-0.2, 0) is 16.1 Å². The molecule has 3 aromatic rings. The van der Waals surface area contributed by atoms with Gasteiger partial charge >= 0.3 is 11.7 Å². The summed E-state index contributed by atoms with van der Waals surface area (Å²) in [7, 11) is 0. The number of rotatable bonds is 5. The van der Waals surface area contributed by atoms with Gasteiger partial charge in [0.15, 0.2) is 5.58 Å². The van der Waals surface area contributed by atoms with E-state index in [4.69, 9.17) is 9.15 Å². The van der Waals surface area contributed by atoms with E-state index < -0.39 is 5.76 Å². The molecule has 0 aliphatic rings. The lowest BCUT2D eigenvalue weighted by molar-refractivity contribution is -0.148. The molecule has 0 aliphatic heterocycles. The molecule has 5 nitrogen and oxygen atoms in total. The summed E-state index contributed by atoms with van der Waals surface area (Å²) in [5.41, 5.74) is 2.14. The summed E-state index contributed by atoms with van der Waals surface area (Å²) in [6.45, 7) is 2.06. The van der Waals surface area contributed by atoms with Crippen molar-refractivity contribution in [2.75, 3.05) is 0 Å². The fourth-order valence-corrected chi connectivity index (χ4v) is 2.48. The molecule has 1 atom stereocenters. The van der Waals surface area contributed by atoms with Crippen molar-refractivity contribution in [3.8, 4) is 0 Å². The number of carbonyl (C=O) groups excluding carboxylic acids is 1. The van der Waals surface area contributed by atoms with E-state index in [1.807, 2.05) is 43.3 Å². The number of hydrogen-bond acceptors (Lipinski definition) is 4. The highest BCUT2D eigenvalue weighted by molar-refractivity contribution is 5.73. The Hall–Kier alpha value is -2.82. The van der Waals surface area contributed by atoms with Crippen LogP contribution in [0.25, 0.3) is 11.1 Å². The molecule has 23 heavy (non-hydrogen) atoms. The van der Waals surface area contributed by atoms with Crippen LogP contribution < -0.4 is 5.76 Å². The Labute approximate surface area is 133 Å². The molecule has 0 saturated carbocycles. The van der Waals surface area contributed by atoms with Gasteiger partial charge < -0.3 is 9.15 Å². The van der Waals surface area contributed by atoms with E-state index in [1.165, 1.54) is 4.57 Å². The van der Waals surface area contributed by atoms with Gasteiger partial charge in [-0.15, -0.1) is 0 Å². The van der Waals surface area contributed by atoms with Crippen LogP contribution in [0, 0.1) is 0 Å². The minimum atomic E-state index is -0.463. The number of esters is 1. The van der Waals surface area contributed by atoms with Crippen LogP contribution in [-0.4, -0.2) is 10.5 Å². The molecule has 1 aromatic heterocycles. The molecule has 0 radical (unpaired) electrons.